The number of ether oxygens (including phenoxy) is 3. The number of amides is 1. The molecule has 0 bridgehead atoms. The van der Waals surface area contributed by atoms with Crippen LogP contribution in [0, 0.1) is 6.92 Å². The molecule has 2 rings (SSSR count). The number of aryl methyl sites for hydroxylation is 1. The molecule has 0 heterocycles. The molecule has 0 aliphatic heterocycles. The van der Waals surface area contributed by atoms with E-state index in [1.54, 1.807) is 27.4 Å². The van der Waals surface area contributed by atoms with Gasteiger partial charge in [0.05, 0.1) is 27.8 Å². The highest BCUT2D eigenvalue weighted by Crippen LogP contribution is 2.39. The number of nitrogens with one attached hydrogen (secondary N) is 1. The number of benzene rings is 2. The molecule has 1 amide bonds. The average molecular weight is 329 g/mol. The highest BCUT2D eigenvalue weighted by Gasteiger charge is 2.17. The summed E-state index contributed by atoms with van der Waals surface area (Å²) >= 11 is 0. The first-order valence-electron chi connectivity index (χ1n) is 7.69. The topological polar surface area (TPSA) is 56.8 Å². The highest BCUT2D eigenvalue weighted by molar-refractivity contribution is 5.80. The van der Waals surface area contributed by atoms with Gasteiger partial charge < -0.3 is 19.5 Å². The first kappa shape index (κ1) is 17.7. The van der Waals surface area contributed by atoms with Crippen molar-refractivity contribution in [1.82, 2.24) is 5.32 Å². The standard InChI is InChI=1S/C19H23NO4/c1-13-6-5-7-14(10-13)12-20-17(21)11-15-8-9-16(22-2)19(24-4)18(15)23-3/h5-10H,11-12H2,1-4H3,(H,20,21). The van der Waals surface area contributed by atoms with Crippen LogP contribution in [0.1, 0.15) is 16.7 Å². The molecule has 1 N–H and O–H groups in total. The van der Waals surface area contributed by atoms with Crippen LogP contribution in [0.15, 0.2) is 36.4 Å². The Morgan fingerprint density at radius 1 is 1.00 bits per heavy atom. The second-order valence-corrected chi connectivity index (χ2v) is 5.44. The molecule has 0 radical (unpaired) electrons. The molecule has 24 heavy (non-hydrogen) atoms. The van der Waals surface area contributed by atoms with Crippen LogP contribution in [-0.4, -0.2) is 27.2 Å². The van der Waals surface area contributed by atoms with Crippen molar-refractivity contribution >= 4 is 5.91 Å². The molecule has 2 aromatic carbocycles. The number of carbonyl (C=O) groups excluding carboxylic acids is 1. The minimum absolute atomic E-state index is 0.0815. The SMILES string of the molecule is COc1ccc(CC(=O)NCc2cccc(C)c2)c(OC)c1OC. The molecule has 0 aliphatic carbocycles. The van der Waals surface area contributed by atoms with Gasteiger partial charge in [0.2, 0.25) is 11.7 Å². The quantitative estimate of drug-likeness (QED) is 0.848. The van der Waals surface area contributed by atoms with Crippen LogP contribution in [0.3, 0.4) is 0 Å². The summed E-state index contributed by atoms with van der Waals surface area (Å²) < 4.78 is 16.0. The lowest BCUT2D eigenvalue weighted by Gasteiger charge is -2.15. The van der Waals surface area contributed by atoms with Crippen molar-refractivity contribution in [1.29, 1.82) is 0 Å². The van der Waals surface area contributed by atoms with E-state index in [-0.39, 0.29) is 12.3 Å². The average Bonchev–Trinajstić information content (AvgIpc) is 2.59. The van der Waals surface area contributed by atoms with Crippen molar-refractivity contribution in [2.24, 2.45) is 0 Å². The third-order valence-corrected chi connectivity index (χ3v) is 3.71. The van der Waals surface area contributed by atoms with Gasteiger partial charge in [-0.05, 0) is 18.6 Å². The molecule has 0 fully saturated rings. The molecular weight excluding hydrogens is 306 g/mol. The Morgan fingerprint density at radius 3 is 2.38 bits per heavy atom. The molecule has 0 saturated carbocycles. The molecule has 0 aliphatic rings. The molecule has 0 saturated heterocycles. The maximum absolute atomic E-state index is 12.3. The van der Waals surface area contributed by atoms with E-state index >= 15 is 0 Å². The minimum atomic E-state index is -0.0815. The zero-order valence-corrected chi connectivity index (χ0v) is 14.5. The summed E-state index contributed by atoms with van der Waals surface area (Å²) in [6.07, 6.45) is 0.204. The fourth-order valence-corrected chi connectivity index (χ4v) is 2.56. The maximum atomic E-state index is 12.3. The van der Waals surface area contributed by atoms with Gasteiger partial charge in [-0.3, -0.25) is 4.79 Å². The summed E-state index contributed by atoms with van der Waals surface area (Å²) in [5.41, 5.74) is 2.99. The van der Waals surface area contributed by atoms with E-state index < -0.39 is 0 Å². The molecule has 0 aromatic heterocycles. The summed E-state index contributed by atoms with van der Waals surface area (Å²) in [4.78, 5) is 12.3. The van der Waals surface area contributed by atoms with Crippen LogP contribution in [0.2, 0.25) is 0 Å². The Kier molecular flexibility index (Phi) is 6.07. The fourth-order valence-electron chi connectivity index (χ4n) is 2.56. The number of hydrogen-bond acceptors (Lipinski definition) is 4. The van der Waals surface area contributed by atoms with Crippen molar-refractivity contribution in [2.45, 2.75) is 19.9 Å². The van der Waals surface area contributed by atoms with Crippen molar-refractivity contribution < 1.29 is 19.0 Å². The fraction of sp³-hybridized carbons (Fsp3) is 0.316. The maximum Gasteiger partial charge on any atom is 0.224 e. The van der Waals surface area contributed by atoms with E-state index in [9.17, 15) is 4.79 Å². The molecular formula is C19H23NO4. The Balaban J connectivity index is 2.08. The van der Waals surface area contributed by atoms with Crippen molar-refractivity contribution in [3.8, 4) is 17.2 Å². The Hall–Kier alpha value is -2.69. The number of hydrogen-bond donors (Lipinski definition) is 1. The van der Waals surface area contributed by atoms with Crippen LogP contribution in [0.5, 0.6) is 17.2 Å². The molecule has 5 nitrogen and oxygen atoms in total. The molecule has 0 unspecified atom stereocenters. The van der Waals surface area contributed by atoms with Crippen LogP contribution in [-0.2, 0) is 17.8 Å². The largest absolute Gasteiger partial charge is 0.493 e. The van der Waals surface area contributed by atoms with Crippen molar-refractivity contribution in [2.75, 3.05) is 21.3 Å². The second kappa shape index (κ2) is 8.24. The Morgan fingerprint density at radius 2 is 1.75 bits per heavy atom. The van der Waals surface area contributed by atoms with Gasteiger partial charge in [-0.2, -0.15) is 0 Å². The van der Waals surface area contributed by atoms with Gasteiger partial charge in [-0.1, -0.05) is 35.9 Å². The van der Waals surface area contributed by atoms with Gasteiger partial charge in [0.25, 0.3) is 0 Å². The van der Waals surface area contributed by atoms with Crippen LogP contribution in [0.25, 0.3) is 0 Å². The van der Waals surface area contributed by atoms with Crippen LogP contribution >= 0.6 is 0 Å². The number of carbonyl (C=O) groups is 1. The summed E-state index contributed by atoms with van der Waals surface area (Å²) in [5.74, 6) is 1.49. The first-order chi connectivity index (χ1) is 11.6. The predicted molar refractivity (Wildman–Crippen MR) is 92.8 cm³/mol. The summed E-state index contributed by atoms with van der Waals surface area (Å²) in [7, 11) is 4.65. The number of rotatable bonds is 7. The van der Waals surface area contributed by atoms with E-state index in [0.717, 1.165) is 11.1 Å². The van der Waals surface area contributed by atoms with Crippen molar-refractivity contribution in [3.63, 3.8) is 0 Å². The molecule has 0 spiro atoms. The summed E-state index contributed by atoms with van der Waals surface area (Å²) in [6.45, 7) is 2.52. The molecule has 128 valence electrons. The first-order valence-corrected chi connectivity index (χ1v) is 7.69. The Bertz CT molecular complexity index is 713. The van der Waals surface area contributed by atoms with E-state index in [4.69, 9.17) is 14.2 Å². The van der Waals surface area contributed by atoms with Crippen molar-refractivity contribution in [3.05, 3.63) is 53.1 Å². The lowest BCUT2D eigenvalue weighted by Crippen LogP contribution is -2.24. The second-order valence-electron chi connectivity index (χ2n) is 5.44. The van der Waals surface area contributed by atoms with Gasteiger partial charge >= 0.3 is 0 Å². The third-order valence-electron chi connectivity index (χ3n) is 3.71. The lowest BCUT2D eigenvalue weighted by atomic mass is 10.1. The van der Waals surface area contributed by atoms with Gasteiger partial charge in [0.15, 0.2) is 11.5 Å². The van der Waals surface area contributed by atoms with Gasteiger partial charge in [0, 0.05) is 12.1 Å². The molecule has 0 atom stereocenters. The summed E-state index contributed by atoms with van der Waals surface area (Å²) in [5, 5.41) is 2.93. The normalized spacial score (nSPS) is 10.2. The third kappa shape index (κ3) is 4.19. The van der Waals surface area contributed by atoms with E-state index in [1.165, 1.54) is 5.56 Å². The van der Waals surface area contributed by atoms with Gasteiger partial charge in [-0.15, -0.1) is 0 Å². The van der Waals surface area contributed by atoms with Crippen LogP contribution < -0.4 is 19.5 Å². The zero-order chi connectivity index (χ0) is 17.5. The zero-order valence-electron chi connectivity index (χ0n) is 14.5. The van der Waals surface area contributed by atoms with Gasteiger partial charge in [0.1, 0.15) is 0 Å². The lowest BCUT2D eigenvalue weighted by molar-refractivity contribution is -0.120. The van der Waals surface area contributed by atoms with Gasteiger partial charge in [-0.25, -0.2) is 0 Å². The Labute approximate surface area is 142 Å². The predicted octanol–water partition coefficient (Wildman–Crippen LogP) is 2.88. The molecule has 2 aromatic rings. The number of methoxy groups -OCH3 is 3. The molecule has 5 heteroatoms. The van der Waals surface area contributed by atoms with E-state index in [2.05, 4.69) is 11.4 Å². The van der Waals surface area contributed by atoms with E-state index in [0.29, 0.717) is 23.8 Å². The smallest absolute Gasteiger partial charge is 0.224 e. The monoisotopic (exact) mass is 329 g/mol. The minimum Gasteiger partial charge on any atom is -0.493 e. The van der Waals surface area contributed by atoms with E-state index in [1.807, 2.05) is 31.2 Å². The van der Waals surface area contributed by atoms with Crippen LogP contribution in [0.4, 0.5) is 0 Å². The highest BCUT2D eigenvalue weighted by atomic mass is 16.5. The summed E-state index contributed by atoms with van der Waals surface area (Å²) in [6, 6.07) is 11.6.